The molecule has 0 unspecified atom stereocenters. The molecule has 4 nitrogen and oxygen atoms in total. The lowest BCUT2D eigenvalue weighted by Gasteiger charge is -2.28. The van der Waals surface area contributed by atoms with Crippen molar-refractivity contribution in [3.63, 3.8) is 0 Å². The Morgan fingerprint density at radius 2 is 1.57 bits per heavy atom. The third-order valence-corrected chi connectivity index (χ3v) is 3.37. The van der Waals surface area contributed by atoms with Crippen molar-refractivity contribution in [1.29, 1.82) is 0 Å². The van der Waals surface area contributed by atoms with Gasteiger partial charge in [0.05, 0.1) is 10.7 Å². The molecule has 0 aromatic heterocycles. The van der Waals surface area contributed by atoms with E-state index in [1.165, 1.54) is 0 Å². The largest absolute Gasteiger partial charge is 0.351 e. The molecule has 6 heteroatoms. The van der Waals surface area contributed by atoms with Crippen LogP contribution in [-0.2, 0) is 9.59 Å². The Morgan fingerprint density at radius 3 is 2.10 bits per heavy atom. The van der Waals surface area contributed by atoms with E-state index in [-0.39, 0.29) is 5.91 Å². The number of anilines is 1. The molecule has 0 heterocycles. The minimum Gasteiger partial charge on any atom is -0.351 e. The highest BCUT2D eigenvalue weighted by molar-refractivity contribution is 6.35. The molecule has 0 bridgehead atoms. The van der Waals surface area contributed by atoms with Crippen molar-refractivity contribution < 1.29 is 9.59 Å². The Labute approximate surface area is 135 Å². The predicted octanol–water partition coefficient (Wildman–Crippen LogP) is 3.87. The third kappa shape index (κ3) is 4.90. The maximum absolute atomic E-state index is 12.4. The number of nitrogens with one attached hydrogen (secondary N) is 2. The summed E-state index contributed by atoms with van der Waals surface area (Å²) in [7, 11) is 0. The van der Waals surface area contributed by atoms with Crippen LogP contribution in [0.5, 0.6) is 0 Å². The molecule has 1 aromatic carbocycles. The van der Waals surface area contributed by atoms with Gasteiger partial charge in [-0.05, 0) is 52.8 Å². The number of carbonyl (C=O) groups excluding carboxylic acids is 2. The van der Waals surface area contributed by atoms with Crippen LogP contribution >= 0.6 is 23.2 Å². The first-order valence-corrected chi connectivity index (χ1v) is 7.28. The number of benzene rings is 1. The first kappa shape index (κ1) is 17.8. The molecule has 0 fully saturated rings. The van der Waals surface area contributed by atoms with E-state index in [1.54, 1.807) is 32.0 Å². The van der Waals surface area contributed by atoms with E-state index in [0.29, 0.717) is 15.7 Å². The van der Waals surface area contributed by atoms with Gasteiger partial charge in [-0.3, -0.25) is 9.59 Å². The Balaban J connectivity index is 2.91. The van der Waals surface area contributed by atoms with Crippen LogP contribution in [0, 0.1) is 5.41 Å². The molecule has 1 rings (SSSR count). The van der Waals surface area contributed by atoms with Crippen molar-refractivity contribution in [3.8, 4) is 0 Å². The second-order valence-electron chi connectivity index (χ2n) is 6.41. The third-order valence-electron chi connectivity index (χ3n) is 2.80. The van der Waals surface area contributed by atoms with Gasteiger partial charge in [0.25, 0.3) is 0 Å². The second kappa shape index (κ2) is 6.24. The van der Waals surface area contributed by atoms with Crippen LogP contribution < -0.4 is 10.6 Å². The molecule has 0 aliphatic carbocycles. The lowest BCUT2D eigenvalue weighted by Crippen LogP contribution is -2.51. The van der Waals surface area contributed by atoms with Gasteiger partial charge in [-0.15, -0.1) is 0 Å². The highest BCUT2D eigenvalue weighted by Gasteiger charge is 2.37. The number of carbonyl (C=O) groups is 2. The zero-order valence-corrected chi connectivity index (χ0v) is 14.3. The van der Waals surface area contributed by atoms with Crippen LogP contribution in [0.4, 0.5) is 5.69 Å². The Hall–Kier alpha value is -1.26. The smallest absolute Gasteiger partial charge is 0.239 e. The summed E-state index contributed by atoms with van der Waals surface area (Å²) in [5.74, 6) is -0.806. The molecule has 0 saturated heterocycles. The quantitative estimate of drug-likeness (QED) is 0.826. The van der Waals surface area contributed by atoms with Gasteiger partial charge >= 0.3 is 0 Å². The summed E-state index contributed by atoms with van der Waals surface area (Å²) >= 11 is 11.9. The maximum Gasteiger partial charge on any atom is 0.239 e. The minimum absolute atomic E-state index is 0.356. The number of hydrogen-bond acceptors (Lipinski definition) is 2. The van der Waals surface area contributed by atoms with E-state index in [2.05, 4.69) is 10.6 Å². The van der Waals surface area contributed by atoms with Crippen molar-refractivity contribution in [2.24, 2.45) is 5.41 Å². The molecule has 21 heavy (non-hydrogen) atoms. The summed E-state index contributed by atoms with van der Waals surface area (Å²) in [6.45, 7) is 8.68. The fourth-order valence-electron chi connectivity index (χ4n) is 1.47. The zero-order valence-electron chi connectivity index (χ0n) is 12.8. The average Bonchev–Trinajstić information content (AvgIpc) is 2.31. The molecular weight excluding hydrogens is 311 g/mol. The van der Waals surface area contributed by atoms with Crippen LogP contribution in [0.1, 0.15) is 34.6 Å². The van der Waals surface area contributed by atoms with Gasteiger partial charge in [0.2, 0.25) is 11.8 Å². The first-order chi connectivity index (χ1) is 9.43. The zero-order chi connectivity index (χ0) is 16.4. The summed E-state index contributed by atoms with van der Waals surface area (Å²) in [6, 6.07) is 4.75. The monoisotopic (exact) mass is 330 g/mol. The molecule has 1 aromatic rings. The second-order valence-corrected chi connectivity index (χ2v) is 7.25. The standard InChI is InChI=1S/C15H20Cl2N2O2/c1-14(2,3)19-13(21)15(4,5)12(20)18-11-8-9(16)6-7-10(11)17/h6-8H,1-5H3,(H,18,20)(H,19,21). The first-order valence-electron chi connectivity index (χ1n) is 6.52. The summed E-state index contributed by atoms with van der Waals surface area (Å²) in [5.41, 5.74) is -1.27. The summed E-state index contributed by atoms with van der Waals surface area (Å²) in [6.07, 6.45) is 0. The van der Waals surface area contributed by atoms with E-state index in [1.807, 2.05) is 20.8 Å². The van der Waals surface area contributed by atoms with Gasteiger partial charge in [0.1, 0.15) is 5.41 Å². The Morgan fingerprint density at radius 1 is 1.00 bits per heavy atom. The molecule has 0 atom stereocenters. The van der Waals surface area contributed by atoms with Crippen LogP contribution in [0.3, 0.4) is 0 Å². The van der Waals surface area contributed by atoms with Crippen LogP contribution in [0.15, 0.2) is 18.2 Å². The summed E-state index contributed by atoms with van der Waals surface area (Å²) in [4.78, 5) is 24.6. The van der Waals surface area contributed by atoms with E-state index < -0.39 is 16.9 Å². The van der Waals surface area contributed by atoms with E-state index >= 15 is 0 Å². The lowest BCUT2D eigenvalue weighted by atomic mass is 9.89. The van der Waals surface area contributed by atoms with Crippen molar-refractivity contribution in [2.75, 3.05) is 5.32 Å². The highest BCUT2D eigenvalue weighted by Crippen LogP contribution is 2.28. The van der Waals surface area contributed by atoms with Crippen LogP contribution in [0.25, 0.3) is 0 Å². The Kier molecular flexibility index (Phi) is 5.29. The van der Waals surface area contributed by atoms with Gasteiger partial charge in [-0.1, -0.05) is 23.2 Å². The van der Waals surface area contributed by atoms with Crippen molar-refractivity contribution in [1.82, 2.24) is 5.32 Å². The van der Waals surface area contributed by atoms with Crippen LogP contribution in [0.2, 0.25) is 10.0 Å². The number of amides is 2. The fraction of sp³-hybridized carbons (Fsp3) is 0.467. The molecule has 2 amide bonds. The molecule has 0 aliphatic rings. The molecule has 2 N–H and O–H groups in total. The number of halogens is 2. The normalized spacial score (nSPS) is 12.0. The fourth-order valence-corrected chi connectivity index (χ4v) is 1.81. The van der Waals surface area contributed by atoms with Crippen molar-refractivity contribution in [3.05, 3.63) is 28.2 Å². The molecule has 0 radical (unpaired) electrons. The van der Waals surface area contributed by atoms with Gasteiger partial charge in [0, 0.05) is 10.6 Å². The van der Waals surface area contributed by atoms with E-state index in [0.717, 1.165) is 0 Å². The van der Waals surface area contributed by atoms with Gasteiger partial charge in [0.15, 0.2) is 0 Å². The summed E-state index contributed by atoms with van der Waals surface area (Å²) in [5, 5.41) is 6.25. The van der Waals surface area contributed by atoms with Gasteiger partial charge in [-0.25, -0.2) is 0 Å². The number of hydrogen-bond donors (Lipinski definition) is 2. The molecule has 0 aliphatic heterocycles. The average molecular weight is 331 g/mol. The number of rotatable bonds is 3. The maximum atomic E-state index is 12.4. The van der Waals surface area contributed by atoms with E-state index in [4.69, 9.17) is 23.2 Å². The van der Waals surface area contributed by atoms with Crippen molar-refractivity contribution >= 4 is 40.7 Å². The van der Waals surface area contributed by atoms with Gasteiger partial charge < -0.3 is 10.6 Å². The SMILES string of the molecule is CC(C)(C)NC(=O)C(C)(C)C(=O)Nc1cc(Cl)ccc1Cl. The predicted molar refractivity (Wildman–Crippen MR) is 86.8 cm³/mol. The molecular formula is C15H20Cl2N2O2. The topological polar surface area (TPSA) is 58.2 Å². The summed E-state index contributed by atoms with van der Waals surface area (Å²) < 4.78 is 0. The highest BCUT2D eigenvalue weighted by atomic mass is 35.5. The minimum atomic E-state index is -1.24. The molecule has 0 saturated carbocycles. The molecule has 116 valence electrons. The van der Waals surface area contributed by atoms with Crippen molar-refractivity contribution in [2.45, 2.75) is 40.2 Å². The lowest BCUT2D eigenvalue weighted by molar-refractivity contribution is -0.139. The van der Waals surface area contributed by atoms with Crippen LogP contribution in [-0.4, -0.2) is 17.4 Å². The van der Waals surface area contributed by atoms with E-state index in [9.17, 15) is 9.59 Å². The van der Waals surface area contributed by atoms with Gasteiger partial charge in [-0.2, -0.15) is 0 Å². The molecule has 0 spiro atoms. The Bertz CT molecular complexity index is 563.